The summed E-state index contributed by atoms with van der Waals surface area (Å²) in [4.78, 5) is 21.3. The van der Waals surface area contributed by atoms with Crippen molar-refractivity contribution < 1.29 is 5.11 Å². The Hall–Kier alpha value is -2.34. The molecule has 6 heteroatoms. The van der Waals surface area contributed by atoms with Crippen LogP contribution in [0.25, 0.3) is 16.6 Å². The summed E-state index contributed by atoms with van der Waals surface area (Å²) >= 11 is 1.43. The van der Waals surface area contributed by atoms with Crippen molar-refractivity contribution in [2.75, 3.05) is 6.26 Å². The summed E-state index contributed by atoms with van der Waals surface area (Å²) in [6, 6.07) is 5.18. The molecule has 2 aromatic heterocycles. The van der Waals surface area contributed by atoms with E-state index in [0.29, 0.717) is 21.7 Å². The normalized spacial score (nSPS) is 11.0. The number of benzene rings is 1. The molecule has 5 nitrogen and oxygen atoms in total. The van der Waals surface area contributed by atoms with E-state index < -0.39 is 0 Å². The van der Waals surface area contributed by atoms with Gasteiger partial charge in [-0.25, -0.2) is 9.97 Å². The van der Waals surface area contributed by atoms with Gasteiger partial charge in [0.05, 0.1) is 16.6 Å². The molecule has 0 saturated carbocycles. The van der Waals surface area contributed by atoms with Crippen LogP contribution in [0.4, 0.5) is 0 Å². The number of rotatable bonds is 2. The van der Waals surface area contributed by atoms with Crippen LogP contribution in [0, 0.1) is 13.8 Å². The number of pyridine rings is 1. The highest BCUT2D eigenvalue weighted by Crippen LogP contribution is 2.25. The Balaban J connectivity index is 2.38. The fourth-order valence-corrected chi connectivity index (χ4v) is 2.83. The lowest BCUT2D eigenvalue weighted by atomic mass is 10.1. The molecule has 0 radical (unpaired) electrons. The van der Waals surface area contributed by atoms with E-state index in [4.69, 9.17) is 0 Å². The molecule has 0 aliphatic carbocycles. The third-order valence-electron chi connectivity index (χ3n) is 3.55. The number of phenols is 1. The van der Waals surface area contributed by atoms with Crippen LogP contribution < -0.4 is 5.56 Å². The van der Waals surface area contributed by atoms with Gasteiger partial charge in [-0.2, -0.15) is 0 Å². The average molecular weight is 313 g/mol. The summed E-state index contributed by atoms with van der Waals surface area (Å²) in [5.41, 5.74) is 2.58. The minimum absolute atomic E-state index is 0.0718. The minimum Gasteiger partial charge on any atom is -0.506 e. The Morgan fingerprint density at radius 3 is 2.68 bits per heavy atom. The van der Waals surface area contributed by atoms with Crippen molar-refractivity contribution in [3.05, 3.63) is 52.1 Å². The summed E-state index contributed by atoms with van der Waals surface area (Å²) in [5.74, 6) is 0.0718. The molecule has 0 aliphatic rings. The predicted molar refractivity (Wildman–Crippen MR) is 88.1 cm³/mol. The van der Waals surface area contributed by atoms with Crippen LogP contribution in [0.2, 0.25) is 0 Å². The molecule has 0 saturated heterocycles. The first-order chi connectivity index (χ1) is 10.5. The lowest BCUT2D eigenvalue weighted by Gasteiger charge is -2.13. The van der Waals surface area contributed by atoms with Gasteiger partial charge in [0, 0.05) is 12.4 Å². The second-order valence-electron chi connectivity index (χ2n) is 5.05. The Morgan fingerprint density at radius 1 is 1.23 bits per heavy atom. The van der Waals surface area contributed by atoms with E-state index in [9.17, 15) is 9.90 Å². The minimum atomic E-state index is -0.238. The van der Waals surface area contributed by atoms with Crippen molar-refractivity contribution >= 4 is 22.7 Å². The fourth-order valence-electron chi connectivity index (χ4n) is 2.49. The van der Waals surface area contributed by atoms with E-state index in [0.717, 1.165) is 11.1 Å². The highest BCUT2D eigenvalue weighted by molar-refractivity contribution is 7.98. The van der Waals surface area contributed by atoms with Gasteiger partial charge in [-0.3, -0.25) is 9.36 Å². The highest BCUT2D eigenvalue weighted by Gasteiger charge is 2.14. The van der Waals surface area contributed by atoms with Gasteiger partial charge in [0.25, 0.3) is 5.56 Å². The van der Waals surface area contributed by atoms with Crippen LogP contribution in [-0.4, -0.2) is 25.9 Å². The number of phenolic OH excluding ortho intramolecular Hbond substituents is 1. The smallest absolute Gasteiger partial charge is 0.266 e. The number of aromatic hydroxyl groups is 1. The molecule has 0 amide bonds. The first-order valence-corrected chi connectivity index (χ1v) is 7.97. The van der Waals surface area contributed by atoms with Crippen molar-refractivity contribution in [1.29, 1.82) is 0 Å². The Labute approximate surface area is 131 Å². The predicted octanol–water partition coefficient (Wildman–Crippen LogP) is 2.83. The molecular weight excluding hydrogens is 298 g/mol. The largest absolute Gasteiger partial charge is 0.506 e. The van der Waals surface area contributed by atoms with Crippen molar-refractivity contribution in [3.8, 4) is 11.4 Å². The van der Waals surface area contributed by atoms with Crippen molar-refractivity contribution in [2.24, 2.45) is 0 Å². The lowest BCUT2D eigenvalue weighted by Crippen LogP contribution is -2.20. The monoisotopic (exact) mass is 313 g/mol. The fraction of sp³-hybridized carbons (Fsp3) is 0.188. The number of aromatic nitrogens is 3. The van der Waals surface area contributed by atoms with Crippen molar-refractivity contribution in [2.45, 2.75) is 19.0 Å². The van der Waals surface area contributed by atoms with Crippen molar-refractivity contribution in [3.63, 3.8) is 0 Å². The summed E-state index contributed by atoms with van der Waals surface area (Å²) < 4.78 is 1.46. The molecule has 112 valence electrons. The molecule has 0 fully saturated rings. The molecule has 0 spiro atoms. The van der Waals surface area contributed by atoms with Crippen molar-refractivity contribution in [1.82, 2.24) is 14.5 Å². The number of hydrogen-bond acceptors (Lipinski definition) is 5. The number of fused-ring (bicyclic) bond motifs is 1. The van der Waals surface area contributed by atoms with Gasteiger partial charge in [-0.05, 0) is 37.3 Å². The van der Waals surface area contributed by atoms with Gasteiger partial charge in [0.15, 0.2) is 5.16 Å². The van der Waals surface area contributed by atoms with E-state index in [2.05, 4.69) is 9.97 Å². The summed E-state index contributed by atoms with van der Waals surface area (Å²) in [6.45, 7) is 3.75. The van der Waals surface area contributed by atoms with Crippen LogP contribution >= 0.6 is 11.8 Å². The van der Waals surface area contributed by atoms with E-state index in [1.165, 1.54) is 16.3 Å². The SMILES string of the molecule is CSc1ncc2c(=O)n(-c3c(C)cccc3O)cc(C)c2n1. The molecule has 1 aromatic carbocycles. The lowest BCUT2D eigenvalue weighted by molar-refractivity contribution is 0.471. The Bertz CT molecular complexity index is 914. The van der Waals surface area contributed by atoms with E-state index in [1.54, 1.807) is 24.5 Å². The summed E-state index contributed by atoms with van der Waals surface area (Å²) in [6.07, 6.45) is 5.16. The van der Waals surface area contributed by atoms with Gasteiger partial charge >= 0.3 is 0 Å². The number of nitrogens with zero attached hydrogens (tertiary/aromatic N) is 3. The number of para-hydroxylation sites is 1. The van der Waals surface area contributed by atoms with Gasteiger partial charge in [-0.15, -0.1) is 0 Å². The maximum atomic E-state index is 12.8. The number of thioether (sulfide) groups is 1. The maximum absolute atomic E-state index is 12.8. The molecular formula is C16H15N3O2S. The Kier molecular flexibility index (Phi) is 3.62. The average Bonchev–Trinajstić information content (AvgIpc) is 2.51. The first-order valence-electron chi connectivity index (χ1n) is 6.75. The highest BCUT2D eigenvalue weighted by atomic mass is 32.2. The van der Waals surface area contributed by atoms with E-state index >= 15 is 0 Å². The number of hydrogen-bond donors (Lipinski definition) is 1. The molecule has 0 atom stereocenters. The topological polar surface area (TPSA) is 68.0 Å². The third-order valence-corrected chi connectivity index (χ3v) is 4.11. The van der Waals surface area contributed by atoms with Crippen LogP contribution in [0.5, 0.6) is 5.75 Å². The molecule has 22 heavy (non-hydrogen) atoms. The molecule has 0 bridgehead atoms. The number of aryl methyl sites for hydroxylation is 2. The summed E-state index contributed by atoms with van der Waals surface area (Å²) in [7, 11) is 0. The van der Waals surface area contributed by atoms with Crippen LogP contribution in [0.1, 0.15) is 11.1 Å². The standard InChI is InChI=1S/C16H15N3O2S/c1-9-5-4-6-12(20)14(9)19-8-10(2)13-11(15(19)21)7-17-16(18-13)22-3/h4-8,20H,1-3H3. The first kappa shape index (κ1) is 14.6. The van der Waals surface area contributed by atoms with Gasteiger partial charge < -0.3 is 5.11 Å². The molecule has 3 rings (SSSR count). The maximum Gasteiger partial charge on any atom is 0.266 e. The second kappa shape index (κ2) is 5.46. The molecule has 3 aromatic rings. The van der Waals surface area contributed by atoms with Gasteiger partial charge in [0.2, 0.25) is 0 Å². The Morgan fingerprint density at radius 2 is 2.00 bits per heavy atom. The zero-order valence-electron chi connectivity index (χ0n) is 12.5. The van der Waals surface area contributed by atoms with Crippen LogP contribution in [0.3, 0.4) is 0 Å². The van der Waals surface area contributed by atoms with Gasteiger partial charge in [0.1, 0.15) is 5.75 Å². The molecule has 2 heterocycles. The summed E-state index contributed by atoms with van der Waals surface area (Å²) in [5, 5.41) is 11.2. The molecule has 0 aliphatic heterocycles. The zero-order chi connectivity index (χ0) is 15.9. The second-order valence-corrected chi connectivity index (χ2v) is 5.82. The third kappa shape index (κ3) is 2.25. The molecule has 0 unspecified atom stereocenters. The quantitative estimate of drug-likeness (QED) is 0.582. The van der Waals surface area contributed by atoms with E-state index in [-0.39, 0.29) is 11.3 Å². The van der Waals surface area contributed by atoms with Crippen LogP contribution in [0.15, 0.2) is 40.5 Å². The van der Waals surface area contributed by atoms with E-state index in [1.807, 2.05) is 26.2 Å². The van der Waals surface area contributed by atoms with Gasteiger partial charge in [-0.1, -0.05) is 23.9 Å². The zero-order valence-corrected chi connectivity index (χ0v) is 13.3. The molecule has 1 N–H and O–H groups in total. The van der Waals surface area contributed by atoms with Crippen LogP contribution in [-0.2, 0) is 0 Å².